The summed E-state index contributed by atoms with van der Waals surface area (Å²) < 4.78 is 39.0. The Kier molecular flexibility index (Phi) is 5.07. The number of piperidine rings is 1. The smallest absolute Gasteiger partial charge is 0.471 e. The lowest BCUT2D eigenvalue weighted by Crippen LogP contribution is -2.66. The second-order valence-corrected chi connectivity index (χ2v) is 7.61. The van der Waals surface area contributed by atoms with Gasteiger partial charge in [-0.05, 0) is 29.9 Å². The highest BCUT2D eigenvalue weighted by Crippen LogP contribution is 2.57. The first kappa shape index (κ1) is 20.5. The van der Waals surface area contributed by atoms with Crippen LogP contribution in [0.4, 0.5) is 18.9 Å². The van der Waals surface area contributed by atoms with Crippen molar-refractivity contribution in [3.8, 4) is 5.75 Å². The highest BCUT2D eigenvalue weighted by Gasteiger charge is 2.60. The zero-order valence-corrected chi connectivity index (χ0v) is 15.4. The molecule has 0 aromatic heterocycles. The molecule has 0 radical (unpaired) electrons. The summed E-state index contributed by atoms with van der Waals surface area (Å²) in [4.78, 5) is 12.9. The number of alkyl halides is 3. The maximum absolute atomic E-state index is 13.0. The van der Waals surface area contributed by atoms with Crippen molar-refractivity contribution in [2.75, 3.05) is 13.7 Å². The van der Waals surface area contributed by atoms with Gasteiger partial charge in [-0.1, -0.05) is 26.8 Å². The van der Waals surface area contributed by atoms with Gasteiger partial charge in [0.1, 0.15) is 0 Å². The van der Waals surface area contributed by atoms with E-state index in [0.29, 0.717) is 12.1 Å². The third kappa shape index (κ3) is 2.75. The minimum Gasteiger partial charge on any atom is -0.503 e. The summed E-state index contributed by atoms with van der Waals surface area (Å²) in [6.45, 7) is 5.96. The zero-order valence-electron chi connectivity index (χ0n) is 15.4. The lowest BCUT2D eigenvalue weighted by Gasteiger charge is -2.60. The summed E-state index contributed by atoms with van der Waals surface area (Å²) in [5.74, 6) is -1.75. The molecular formula is C18H26F3N2O3+. The number of fused-ring (bicyclic) bond motifs is 4. The molecule has 2 atom stereocenters. The van der Waals surface area contributed by atoms with E-state index in [2.05, 4.69) is 5.73 Å². The van der Waals surface area contributed by atoms with Crippen molar-refractivity contribution in [1.82, 2.24) is 4.90 Å². The van der Waals surface area contributed by atoms with Crippen LogP contribution in [0.2, 0.25) is 0 Å². The molecule has 5 N–H and O–H groups in total. The molecule has 1 heterocycles. The van der Waals surface area contributed by atoms with E-state index in [4.69, 9.17) is 5.11 Å². The molecule has 1 saturated heterocycles. The van der Waals surface area contributed by atoms with Gasteiger partial charge in [-0.25, -0.2) is 0 Å². The van der Waals surface area contributed by atoms with E-state index in [-0.39, 0.29) is 24.1 Å². The largest absolute Gasteiger partial charge is 0.503 e. The summed E-state index contributed by atoms with van der Waals surface area (Å²) in [5.41, 5.74) is 5.21. The standard InChI is InChI=1S/C17H21F3N2O2.CH4O/c1-15(2)12-8-9-10(4-5-11(23)13(9)21)16(15,3)6-7-22(12)14(24)17(18,19)20;1-2/h4-5,12,23H,6-8,21H2,1-3H3;2H,1H3/p+1/t12-,16+;/m1./s1. The van der Waals surface area contributed by atoms with E-state index in [1.54, 1.807) is 6.07 Å². The SMILES string of the molecule is CC1(C)[C@H]2Cc3c(ccc(O)c3[NH3+])[C@]1(C)CCN2C(=O)C(F)(F)F.CO. The topological polar surface area (TPSA) is 88.4 Å². The normalized spacial score (nSPS) is 26.5. The Morgan fingerprint density at radius 1 is 1.27 bits per heavy atom. The van der Waals surface area contributed by atoms with Gasteiger partial charge in [0, 0.05) is 30.7 Å². The summed E-state index contributed by atoms with van der Waals surface area (Å²) in [6, 6.07) is 2.86. The van der Waals surface area contributed by atoms with Crippen LogP contribution in [-0.4, -0.2) is 46.9 Å². The van der Waals surface area contributed by atoms with Gasteiger partial charge >= 0.3 is 12.1 Å². The number of amides is 1. The van der Waals surface area contributed by atoms with Crippen molar-refractivity contribution in [3.63, 3.8) is 0 Å². The fraction of sp³-hybridized carbons (Fsp3) is 0.611. The van der Waals surface area contributed by atoms with E-state index < -0.39 is 23.5 Å². The van der Waals surface area contributed by atoms with Gasteiger partial charge in [0.15, 0.2) is 11.4 Å². The molecule has 5 nitrogen and oxygen atoms in total. The number of rotatable bonds is 0. The minimum absolute atomic E-state index is 0.0313. The third-order valence-electron chi connectivity index (χ3n) is 6.39. The maximum Gasteiger partial charge on any atom is 0.471 e. The molecule has 1 fully saturated rings. The van der Waals surface area contributed by atoms with Gasteiger partial charge in [0.2, 0.25) is 0 Å². The maximum atomic E-state index is 13.0. The third-order valence-corrected chi connectivity index (χ3v) is 6.39. The van der Waals surface area contributed by atoms with Crippen LogP contribution in [0, 0.1) is 5.41 Å². The average Bonchev–Trinajstić information content (AvgIpc) is 2.55. The number of phenols is 1. The number of nitrogens with zero attached hydrogens (tertiary/aromatic N) is 1. The van der Waals surface area contributed by atoms with Crippen LogP contribution < -0.4 is 5.73 Å². The predicted octanol–water partition coefficient (Wildman–Crippen LogP) is 1.88. The zero-order chi connectivity index (χ0) is 20.1. The monoisotopic (exact) mass is 375 g/mol. The molecule has 8 heteroatoms. The van der Waals surface area contributed by atoms with Crippen LogP contribution >= 0.6 is 0 Å². The number of hydrogen-bond acceptors (Lipinski definition) is 3. The fourth-order valence-corrected chi connectivity index (χ4v) is 4.46. The van der Waals surface area contributed by atoms with E-state index in [9.17, 15) is 23.1 Å². The fourth-order valence-electron chi connectivity index (χ4n) is 4.46. The number of carbonyl (C=O) groups is 1. The molecule has 2 bridgehead atoms. The lowest BCUT2D eigenvalue weighted by molar-refractivity contribution is -0.258. The first-order chi connectivity index (χ1) is 11.9. The quantitative estimate of drug-likeness (QED) is 0.647. The van der Waals surface area contributed by atoms with Gasteiger partial charge in [-0.3, -0.25) is 4.79 Å². The van der Waals surface area contributed by atoms with Crippen LogP contribution in [-0.2, 0) is 16.6 Å². The molecule has 1 amide bonds. The Hall–Kier alpha value is -1.80. The highest BCUT2D eigenvalue weighted by atomic mass is 19.4. The first-order valence-electron chi connectivity index (χ1n) is 8.41. The molecule has 146 valence electrons. The second-order valence-electron chi connectivity index (χ2n) is 7.61. The molecule has 2 aliphatic rings. The molecule has 1 aliphatic carbocycles. The lowest BCUT2D eigenvalue weighted by atomic mass is 9.51. The van der Waals surface area contributed by atoms with E-state index >= 15 is 0 Å². The number of halogens is 3. The number of aliphatic hydroxyl groups is 1. The van der Waals surface area contributed by atoms with E-state index in [1.807, 2.05) is 26.8 Å². The van der Waals surface area contributed by atoms with Crippen molar-refractivity contribution < 1.29 is 33.9 Å². The van der Waals surface area contributed by atoms with Crippen LogP contribution in [0.5, 0.6) is 5.75 Å². The molecule has 26 heavy (non-hydrogen) atoms. The van der Waals surface area contributed by atoms with Gasteiger partial charge < -0.3 is 20.8 Å². The Morgan fingerprint density at radius 2 is 1.85 bits per heavy atom. The predicted molar refractivity (Wildman–Crippen MR) is 89.8 cm³/mol. The molecule has 1 aliphatic heterocycles. The molecule has 3 rings (SSSR count). The molecule has 0 saturated carbocycles. The number of quaternary nitrogens is 1. The Morgan fingerprint density at radius 3 is 2.38 bits per heavy atom. The summed E-state index contributed by atoms with van der Waals surface area (Å²) in [6.07, 6.45) is -4.17. The molecule has 0 spiro atoms. The molecule has 0 unspecified atom stereocenters. The first-order valence-corrected chi connectivity index (χ1v) is 8.41. The van der Waals surface area contributed by atoms with Crippen LogP contribution in [0.25, 0.3) is 0 Å². The highest BCUT2D eigenvalue weighted by molar-refractivity contribution is 5.82. The number of hydrogen-bond donors (Lipinski definition) is 3. The van der Waals surface area contributed by atoms with Crippen LogP contribution in [0.1, 0.15) is 38.3 Å². The minimum atomic E-state index is -4.88. The van der Waals surface area contributed by atoms with Crippen molar-refractivity contribution in [3.05, 3.63) is 23.3 Å². The van der Waals surface area contributed by atoms with Gasteiger partial charge in [0.25, 0.3) is 0 Å². The molecule has 1 aromatic carbocycles. The van der Waals surface area contributed by atoms with Crippen LogP contribution in [0.3, 0.4) is 0 Å². The number of aromatic hydroxyl groups is 1. The number of carbonyl (C=O) groups excluding carboxylic acids is 1. The second kappa shape index (κ2) is 6.42. The number of benzene rings is 1. The van der Waals surface area contributed by atoms with Gasteiger partial charge in [-0.15, -0.1) is 0 Å². The van der Waals surface area contributed by atoms with Crippen molar-refractivity contribution >= 4 is 11.6 Å². The summed E-state index contributed by atoms with van der Waals surface area (Å²) >= 11 is 0. The molecular weight excluding hydrogens is 349 g/mol. The summed E-state index contributed by atoms with van der Waals surface area (Å²) in [7, 11) is 1.00. The number of aliphatic hydroxyl groups excluding tert-OH is 1. The van der Waals surface area contributed by atoms with Crippen molar-refractivity contribution in [1.29, 1.82) is 0 Å². The van der Waals surface area contributed by atoms with Crippen molar-refractivity contribution in [2.24, 2.45) is 5.41 Å². The van der Waals surface area contributed by atoms with Crippen LogP contribution in [0.15, 0.2) is 12.1 Å². The van der Waals surface area contributed by atoms with Gasteiger partial charge in [-0.2, -0.15) is 13.2 Å². The Balaban J connectivity index is 0.00000117. The average molecular weight is 375 g/mol. The van der Waals surface area contributed by atoms with Crippen molar-refractivity contribution in [2.45, 2.75) is 51.2 Å². The number of likely N-dealkylation sites (tertiary alicyclic amines) is 1. The number of phenolic OH excluding ortho intramolecular Hbond substituents is 1. The Bertz CT molecular complexity index is 718. The van der Waals surface area contributed by atoms with E-state index in [1.165, 1.54) is 0 Å². The van der Waals surface area contributed by atoms with Gasteiger partial charge in [0.05, 0.1) is 0 Å². The Labute approximate surface area is 150 Å². The molecule has 1 aromatic rings. The summed E-state index contributed by atoms with van der Waals surface area (Å²) in [5, 5.41) is 16.9. The van der Waals surface area contributed by atoms with E-state index in [0.717, 1.165) is 23.1 Å².